The van der Waals surface area contributed by atoms with Gasteiger partial charge in [-0.15, -0.1) is 0 Å². The van der Waals surface area contributed by atoms with E-state index >= 15 is 0 Å². The first-order valence-electron chi connectivity index (χ1n) is 11.0. The van der Waals surface area contributed by atoms with Gasteiger partial charge in [0.15, 0.2) is 0 Å². The highest BCUT2D eigenvalue weighted by atomic mass is 16.5. The molecule has 0 aromatic heterocycles. The van der Waals surface area contributed by atoms with Gasteiger partial charge in [-0.25, -0.2) is 0 Å². The molecule has 1 unspecified atom stereocenters. The van der Waals surface area contributed by atoms with Crippen LogP contribution in [0.25, 0.3) is 0 Å². The lowest BCUT2D eigenvalue weighted by Crippen LogP contribution is -2.31. The average Bonchev–Trinajstić information content (AvgIpc) is 3.30. The van der Waals surface area contributed by atoms with Crippen LogP contribution in [0.2, 0.25) is 0 Å². The smallest absolute Gasteiger partial charge is 0.251 e. The number of hydrogen-bond donors (Lipinski definition) is 4. The molecule has 170 valence electrons. The second-order valence-electron chi connectivity index (χ2n) is 7.70. The summed E-state index contributed by atoms with van der Waals surface area (Å²) in [4.78, 5) is 36.2. The summed E-state index contributed by atoms with van der Waals surface area (Å²) in [6.45, 7) is 3.28. The molecule has 8 nitrogen and oxygen atoms in total. The number of anilines is 3. The maximum absolute atomic E-state index is 12.3. The van der Waals surface area contributed by atoms with Crippen LogP contribution in [0.4, 0.5) is 17.1 Å². The van der Waals surface area contributed by atoms with Gasteiger partial charge in [0.25, 0.3) is 5.91 Å². The van der Waals surface area contributed by atoms with Gasteiger partial charge in [0.2, 0.25) is 11.8 Å². The molecule has 3 rings (SSSR count). The van der Waals surface area contributed by atoms with Crippen molar-refractivity contribution in [3.63, 3.8) is 0 Å². The molecular weight excluding hydrogens is 408 g/mol. The van der Waals surface area contributed by atoms with Crippen LogP contribution in [0.15, 0.2) is 48.5 Å². The van der Waals surface area contributed by atoms with E-state index in [4.69, 9.17) is 4.74 Å². The molecule has 0 radical (unpaired) electrons. The molecule has 1 aliphatic heterocycles. The topological polar surface area (TPSA) is 109 Å². The fourth-order valence-electron chi connectivity index (χ4n) is 3.37. The standard InChI is InChI=1S/C24H30N4O4/c1-2-5-22(29)27-19-6-3-7-20(14-19)28-23(30)16-25-18-11-9-17(10-12-18)24(31)26-15-21-8-4-13-32-21/h3,6-7,9-12,14,21,25H,2,4-5,8,13,15-16H2,1H3,(H,26,31)(H,27,29)(H,28,30). The Labute approximate surface area is 188 Å². The van der Waals surface area contributed by atoms with Gasteiger partial charge in [-0.1, -0.05) is 13.0 Å². The van der Waals surface area contributed by atoms with Crippen LogP contribution in [0, 0.1) is 0 Å². The first-order valence-corrected chi connectivity index (χ1v) is 11.0. The van der Waals surface area contributed by atoms with Gasteiger partial charge in [0.05, 0.1) is 12.6 Å². The Morgan fingerprint density at radius 2 is 1.69 bits per heavy atom. The molecule has 8 heteroatoms. The lowest BCUT2D eigenvalue weighted by atomic mass is 10.2. The number of rotatable bonds is 10. The first kappa shape index (κ1) is 23.3. The number of hydrogen-bond acceptors (Lipinski definition) is 5. The highest BCUT2D eigenvalue weighted by Crippen LogP contribution is 2.16. The minimum Gasteiger partial charge on any atom is -0.376 e. The van der Waals surface area contributed by atoms with E-state index in [1.54, 1.807) is 48.5 Å². The van der Waals surface area contributed by atoms with E-state index in [9.17, 15) is 14.4 Å². The molecule has 2 aromatic rings. The summed E-state index contributed by atoms with van der Waals surface area (Å²) >= 11 is 0. The predicted octanol–water partition coefficient (Wildman–Crippen LogP) is 3.38. The molecule has 3 amide bonds. The third kappa shape index (κ3) is 7.39. The van der Waals surface area contributed by atoms with Gasteiger partial charge in [-0.2, -0.15) is 0 Å². The van der Waals surface area contributed by atoms with Crippen molar-refractivity contribution < 1.29 is 19.1 Å². The maximum atomic E-state index is 12.3. The van der Waals surface area contributed by atoms with Gasteiger partial charge in [-0.3, -0.25) is 14.4 Å². The molecule has 1 atom stereocenters. The summed E-state index contributed by atoms with van der Waals surface area (Å²) in [5.41, 5.74) is 2.53. The van der Waals surface area contributed by atoms with Gasteiger partial charge >= 0.3 is 0 Å². The normalized spacial score (nSPS) is 15.1. The lowest BCUT2D eigenvalue weighted by molar-refractivity contribution is -0.116. The van der Waals surface area contributed by atoms with Crippen LogP contribution in [0.1, 0.15) is 43.0 Å². The van der Waals surface area contributed by atoms with Gasteiger partial charge in [0.1, 0.15) is 0 Å². The Hall–Kier alpha value is -3.39. The summed E-state index contributed by atoms with van der Waals surface area (Å²) in [5.74, 6) is -0.419. The van der Waals surface area contributed by atoms with Crippen LogP contribution in [0.3, 0.4) is 0 Å². The van der Waals surface area contributed by atoms with Crippen LogP contribution < -0.4 is 21.3 Å². The summed E-state index contributed by atoms with van der Waals surface area (Å²) in [6, 6.07) is 14.0. The van der Waals surface area contributed by atoms with Crippen molar-refractivity contribution in [2.75, 3.05) is 35.6 Å². The average molecular weight is 439 g/mol. The third-order valence-corrected chi connectivity index (χ3v) is 5.02. The van der Waals surface area contributed by atoms with E-state index < -0.39 is 0 Å². The van der Waals surface area contributed by atoms with E-state index in [0.717, 1.165) is 31.6 Å². The molecule has 1 aliphatic rings. The summed E-state index contributed by atoms with van der Waals surface area (Å²) < 4.78 is 5.51. The predicted molar refractivity (Wildman–Crippen MR) is 125 cm³/mol. The molecule has 32 heavy (non-hydrogen) atoms. The SMILES string of the molecule is CCCC(=O)Nc1cccc(NC(=O)CNc2ccc(C(=O)NCC3CCCO3)cc2)c1. The zero-order valence-electron chi connectivity index (χ0n) is 18.3. The van der Waals surface area contributed by atoms with Crippen LogP contribution >= 0.6 is 0 Å². The van der Waals surface area contributed by atoms with Gasteiger partial charge in [0, 0.05) is 42.2 Å². The molecule has 2 aromatic carbocycles. The Balaban J connectivity index is 1.43. The number of ether oxygens (including phenoxy) is 1. The van der Waals surface area contributed by atoms with Crippen molar-refractivity contribution in [3.8, 4) is 0 Å². The van der Waals surface area contributed by atoms with E-state index in [2.05, 4.69) is 21.3 Å². The van der Waals surface area contributed by atoms with Crippen molar-refractivity contribution in [3.05, 3.63) is 54.1 Å². The molecule has 4 N–H and O–H groups in total. The maximum Gasteiger partial charge on any atom is 0.251 e. The van der Waals surface area contributed by atoms with Crippen molar-refractivity contribution in [2.45, 2.75) is 38.7 Å². The fraction of sp³-hybridized carbons (Fsp3) is 0.375. The Kier molecular flexibility index (Phi) is 8.62. The molecule has 0 saturated carbocycles. The van der Waals surface area contributed by atoms with Crippen molar-refractivity contribution in [2.24, 2.45) is 0 Å². The Morgan fingerprint density at radius 1 is 0.969 bits per heavy atom. The van der Waals surface area contributed by atoms with Crippen LogP contribution in [-0.2, 0) is 14.3 Å². The molecule has 0 spiro atoms. The van der Waals surface area contributed by atoms with Gasteiger partial charge < -0.3 is 26.0 Å². The van der Waals surface area contributed by atoms with E-state index in [1.807, 2.05) is 6.92 Å². The molecule has 0 bridgehead atoms. The van der Waals surface area contributed by atoms with Crippen LogP contribution in [-0.4, -0.2) is 43.5 Å². The van der Waals surface area contributed by atoms with Gasteiger partial charge in [-0.05, 0) is 61.7 Å². The highest BCUT2D eigenvalue weighted by Gasteiger charge is 2.16. The summed E-state index contributed by atoms with van der Waals surface area (Å²) in [7, 11) is 0. The quantitative estimate of drug-likeness (QED) is 0.455. The molecular formula is C24H30N4O4. The van der Waals surface area contributed by atoms with Crippen molar-refractivity contribution in [1.82, 2.24) is 5.32 Å². The minimum atomic E-state index is -0.222. The summed E-state index contributed by atoms with van der Waals surface area (Å²) in [6.07, 6.45) is 3.34. The summed E-state index contributed by atoms with van der Waals surface area (Å²) in [5, 5.41) is 11.5. The highest BCUT2D eigenvalue weighted by molar-refractivity contribution is 5.96. The molecule has 1 saturated heterocycles. The van der Waals surface area contributed by atoms with Crippen molar-refractivity contribution >= 4 is 34.8 Å². The molecule has 1 fully saturated rings. The zero-order valence-corrected chi connectivity index (χ0v) is 18.3. The number of amides is 3. The monoisotopic (exact) mass is 438 g/mol. The number of carbonyl (C=O) groups excluding carboxylic acids is 3. The minimum absolute atomic E-state index is 0.0540. The Morgan fingerprint density at radius 3 is 2.34 bits per heavy atom. The van der Waals surface area contributed by atoms with E-state index in [-0.39, 0.29) is 30.4 Å². The zero-order chi connectivity index (χ0) is 22.8. The number of nitrogens with one attached hydrogen (secondary N) is 4. The fourth-order valence-corrected chi connectivity index (χ4v) is 3.37. The third-order valence-electron chi connectivity index (χ3n) is 5.02. The first-order chi connectivity index (χ1) is 15.5. The van der Waals surface area contributed by atoms with E-state index in [0.29, 0.717) is 29.9 Å². The van der Waals surface area contributed by atoms with E-state index in [1.165, 1.54) is 0 Å². The molecule has 0 aliphatic carbocycles. The van der Waals surface area contributed by atoms with Crippen molar-refractivity contribution in [1.29, 1.82) is 0 Å². The number of carbonyl (C=O) groups is 3. The molecule has 1 heterocycles. The largest absolute Gasteiger partial charge is 0.376 e. The second-order valence-corrected chi connectivity index (χ2v) is 7.70. The number of benzene rings is 2. The second kappa shape index (κ2) is 11.9. The van der Waals surface area contributed by atoms with Crippen LogP contribution in [0.5, 0.6) is 0 Å². The lowest BCUT2D eigenvalue weighted by Gasteiger charge is -2.12. The Bertz CT molecular complexity index is 924.